The number of furan rings is 1. The summed E-state index contributed by atoms with van der Waals surface area (Å²) in [4.78, 5) is 49.0. The van der Waals surface area contributed by atoms with Gasteiger partial charge in [-0.25, -0.2) is 4.99 Å². The van der Waals surface area contributed by atoms with Gasteiger partial charge in [0.15, 0.2) is 5.17 Å². The Morgan fingerprint density at radius 3 is 2.68 bits per heavy atom. The largest absolute Gasteiger partial charge is 0.495 e. The Bertz CT molecular complexity index is 1400. The van der Waals surface area contributed by atoms with Crippen molar-refractivity contribution in [2.75, 3.05) is 18.2 Å². The molecule has 0 saturated heterocycles. The fraction of sp³-hybridized carbons (Fsp3) is 0.192. The molecule has 0 bridgehead atoms. The van der Waals surface area contributed by atoms with Crippen molar-refractivity contribution in [3.05, 3.63) is 78.3 Å². The van der Waals surface area contributed by atoms with Crippen molar-refractivity contribution in [1.82, 2.24) is 10.2 Å². The molecule has 37 heavy (non-hydrogen) atoms. The van der Waals surface area contributed by atoms with Gasteiger partial charge < -0.3 is 19.8 Å². The smallest absolute Gasteiger partial charge is 0.271 e. The average molecular weight is 518 g/mol. The van der Waals surface area contributed by atoms with E-state index in [-0.39, 0.29) is 30.5 Å². The molecule has 2 aromatic carbocycles. The predicted octanol–water partition coefficient (Wildman–Crippen LogP) is 3.33. The van der Waals surface area contributed by atoms with E-state index in [0.29, 0.717) is 39.5 Å². The maximum Gasteiger partial charge on any atom is 0.271 e. The number of methoxy groups -OCH3 is 1. The van der Waals surface area contributed by atoms with Crippen LogP contribution in [0.1, 0.15) is 17.7 Å². The fourth-order valence-electron chi connectivity index (χ4n) is 4.01. The van der Waals surface area contributed by atoms with Crippen LogP contribution in [0.25, 0.3) is 0 Å². The molecule has 5 rings (SSSR count). The molecule has 1 atom stereocenters. The number of carbonyl (C=O) groups excluding carboxylic acids is 3. The number of rotatable bonds is 8. The number of nitrogens with one attached hydrogen (secondary N) is 2. The summed E-state index contributed by atoms with van der Waals surface area (Å²) in [5.41, 5.74) is 1.88. The van der Waals surface area contributed by atoms with Crippen LogP contribution in [-0.2, 0) is 20.9 Å². The van der Waals surface area contributed by atoms with Crippen molar-refractivity contribution in [2.45, 2.75) is 19.0 Å². The number of aliphatic imine (C=N–C) groups is 2. The van der Waals surface area contributed by atoms with E-state index in [4.69, 9.17) is 14.1 Å². The van der Waals surface area contributed by atoms with Gasteiger partial charge in [0, 0.05) is 5.56 Å². The zero-order chi connectivity index (χ0) is 25.8. The third kappa shape index (κ3) is 5.26. The number of hydrogen-bond acceptors (Lipinski definition) is 8. The first kappa shape index (κ1) is 24.3. The monoisotopic (exact) mass is 517 g/mol. The summed E-state index contributed by atoms with van der Waals surface area (Å²) >= 11 is 1.17. The first-order valence-electron chi connectivity index (χ1n) is 11.5. The van der Waals surface area contributed by atoms with E-state index in [1.165, 1.54) is 25.1 Å². The molecule has 1 aromatic heterocycles. The quantitative estimate of drug-likeness (QED) is 0.469. The SMILES string of the molecule is COc1ccccc1NC(=O)CSC1=Nc2ccccc2C2=NC(=O)C(CC(=O)NCc3ccco3)N12. The third-order valence-corrected chi connectivity index (χ3v) is 6.69. The van der Waals surface area contributed by atoms with Crippen molar-refractivity contribution >= 4 is 51.9 Å². The molecular weight excluding hydrogens is 494 g/mol. The van der Waals surface area contributed by atoms with Crippen LogP contribution >= 0.6 is 11.8 Å². The van der Waals surface area contributed by atoms with Gasteiger partial charge in [-0.05, 0) is 36.4 Å². The topological polar surface area (TPSA) is 126 Å². The van der Waals surface area contributed by atoms with Gasteiger partial charge in [0.2, 0.25) is 11.8 Å². The average Bonchev–Trinajstić information content (AvgIpc) is 3.54. The Hall–Kier alpha value is -4.38. The molecule has 10 nitrogen and oxygen atoms in total. The van der Waals surface area contributed by atoms with Crippen LogP contribution in [0.15, 0.2) is 81.3 Å². The molecule has 0 aliphatic carbocycles. The highest BCUT2D eigenvalue weighted by atomic mass is 32.2. The molecular formula is C26H23N5O5S. The zero-order valence-electron chi connectivity index (χ0n) is 19.8. The van der Waals surface area contributed by atoms with Crippen LogP contribution in [0.2, 0.25) is 0 Å². The second kappa shape index (κ2) is 10.7. The fourth-order valence-corrected chi connectivity index (χ4v) is 4.86. The Balaban J connectivity index is 1.32. The molecule has 0 spiro atoms. The number of amides is 3. The lowest BCUT2D eigenvalue weighted by Crippen LogP contribution is -2.46. The van der Waals surface area contributed by atoms with Crippen molar-refractivity contribution < 1.29 is 23.5 Å². The summed E-state index contributed by atoms with van der Waals surface area (Å²) in [7, 11) is 1.53. The Morgan fingerprint density at radius 1 is 1.05 bits per heavy atom. The summed E-state index contributed by atoms with van der Waals surface area (Å²) in [6.07, 6.45) is 1.40. The summed E-state index contributed by atoms with van der Waals surface area (Å²) in [5, 5.41) is 6.02. The molecule has 11 heteroatoms. The molecule has 3 amide bonds. The van der Waals surface area contributed by atoms with Gasteiger partial charge in [0.1, 0.15) is 23.4 Å². The highest BCUT2D eigenvalue weighted by Crippen LogP contribution is 2.35. The van der Waals surface area contributed by atoms with Gasteiger partial charge in [-0.15, -0.1) is 0 Å². The lowest BCUT2D eigenvalue weighted by molar-refractivity contribution is -0.126. The second-order valence-electron chi connectivity index (χ2n) is 8.17. The van der Waals surface area contributed by atoms with Crippen molar-refractivity contribution in [1.29, 1.82) is 0 Å². The summed E-state index contributed by atoms with van der Waals surface area (Å²) < 4.78 is 10.5. The lowest BCUT2D eigenvalue weighted by atomic mass is 10.1. The third-order valence-electron chi connectivity index (χ3n) is 5.74. The maximum absolute atomic E-state index is 12.9. The zero-order valence-corrected chi connectivity index (χ0v) is 20.7. The molecule has 188 valence electrons. The predicted molar refractivity (Wildman–Crippen MR) is 140 cm³/mol. The minimum atomic E-state index is -0.872. The van der Waals surface area contributed by atoms with Gasteiger partial charge >= 0.3 is 0 Å². The van der Waals surface area contributed by atoms with Gasteiger partial charge in [-0.3, -0.25) is 19.3 Å². The van der Waals surface area contributed by atoms with E-state index in [0.717, 1.165) is 0 Å². The number of ether oxygens (including phenoxy) is 1. The molecule has 0 saturated carbocycles. The summed E-state index contributed by atoms with van der Waals surface area (Å²) in [6.45, 7) is 0.210. The van der Waals surface area contributed by atoms with E-state index >= 15 is 0 Å². The van der Waals surface area contributed by atoms with Gasteiger partial charge in [-0.1, -0.05) is 36.0 Å². The minimum Gasteiger partial charge on any atom is -0.495 e. The van der Waals surface area contributed by atoms with Crippen molar-refractivity contribution in [3.63, 3.8) is 0 Å². The standard InChI is InChI=1S/C26H23N5O5S/c1-35-21-11-5-4-10-19(21)28-23(33)15-37-26-29-18-9-3-2-8-17(18)24-30-25(34)20(31(24)26)13-22(32)27-14-16-7-6-12-36-16/h2-12,20H,13-15H2,1H3,(H,27,32)(H,28,33). The van der Waals surface area contributed by atoms with E-state index in [9.17, 15) is 14.4 Å². The van der Waals surface area contributed by atoms with Gasteiger partial charge in [0.25, 0.3) is 5.91 Å². The highest BCUT2D eigenvalue weighted by Gasteiger charge is 2.42. The first-order valence-corrected chi connectivity index (χ1v) is 12.5. The number of carbonyl (C=O) groups is 3. The van der Waals surface area contributed by atoms with E-state index < -0.39 is 11.9 Å². The number of nitrogens with zero attached hydrogens (tertiary/aromatic N) is 3. The van der Waals surface area contributed by atoms with Crippen molar-refractivity contribution in [2.24, 2.45) is 9.98 Å². The van der Waals surface area contributed by atoms with E-state index in [1.54, 1.807) is 35.2 Å². The number of para-hydroxylation sites is 3. The molecule has 0 fully saturated rings. The number of anilines is 1. The number of amidine groups is 2. The number of thioether (sulfide) groups is 1. The maximum atomic E-state index is 12.9. The molecule has 2 N–H and O–H groups in total. The first-order chi connectivity index (χ1) is 18.0. The van der Waals surface area contributed by atoms with Gasteiger partial charge in [-0.2, -0.15) is 4.99 Å². The van der Waals surface area contributed by atoms with Crippen LogP contribution in [-0.4, -0.2) is 52.5 Å². The molecule has 3 heterocycles. The molecule has 2 aliphatic rings. The second-order valence-corrected chi connectivity index (χ2v) is 9.11. The van der Waals surface area contributed by atoms with E-state index in [2.05, 4.69) is 15.6 Å². The van der Waals surface area contributed by atoms with Gasteiger partial charge in [0.05, 0.1) is 43.5 Å². The van der Waals surface area contributed by atoms with E-state index in [1.807, 2.05) is 30.3 Å². The van der Waals surface area contributed by atoms with Crippen LogP contribution in [0.3, 0.4) is 0 Å². The number of benzene rings is 2. The summed E-state index contributed by atoms with van der Waals surface area (Å²) in [5.74, 6) is 0.558. The highest BCUT2D eigenvalue weighted by molar-refractivity contribution is 8.14. The Labute approximate surface area is 216 Å². The molecule has 3 aromatic rings. The lowest BCUT2D eigenvalue weighted by Gasteiger charge is -2.30. The van der Waals surface area contributed by atoms with Crippen LogP contribution < -0.4 is 15.4 Å². The Kier molecular flexibility index (Phi) is 7.04. The summed E-state index contributed by atoms with van der Waals surface area (Å²) in [6, 6.07) is 17.0. The normalized spacial score (nSPS) is 15.9. The molecule has 2 aliphatic heterocycles. The minimum absolute atomic E-state index is 0.0223. The number of fused-ring (bicyclic) bond motifs is 3. The van der Waals surface area contributed by atoms with Crippen LogP contribution in [0.4, 0.5) is 11.4 Å². The van der Waals surface area contributed by atoms with Crippen molar-refractivity contribution in [3.8, 4) is 5.75 Å². The Morgan fingerprint density at radius 2 is 1.86 bits per heavy atom. The van der Waals surface area contributed by atoms with Crippen LogP contribution in [0, 0.1) is 0 Å². The van der Waals surface area contributed by atoms with Crippen LogP contribution in [0.5, 0.6) is 5.75 Å². The molecule has 1 unspecified atom stereocenters. The molecule has 0 radical (unpaired) electrons. The number of hydrogen-bond donors (Lipinski definition) is 2.